The molecule has 128 valence electrons. The number of aromatic nitrogens is 1. The van der Waals surface area contributed by atoms with E-state index >= 15 is 0 Å². The Morgan fingerprint density at radius 2 is 1.96 bits per heavy atom. The minimum Gasteiger partial charge on any atom is -0.321 e. The Kier molecular flexibility index (Phi) is 6.26. The second kappa shape index (κ2) is 8.00. The normalized spacial score (nSPS) is 12.2. The third kappa shape index (κ3) is 4.49. The quantitative estimate of drug-likeness (QED) is 0.696. The predicted molar refractivity (Wildman–Crippen MR) is 102 cm³/mol. The SMILES string of the molecule is Cc1cc(C#N)cc(Cl)c1/N=c1\scc(CC(C)C)n1CC(C)C. The van der Waals surface area contributed by atoms with E-state index < -0.39 is 0 Å². The summed E-state index contributed by atoms with van der Waals surface area (Å²) >= 11 is 8.02. The number of thiazole rings is 1. The Bertz CT molecular complexity index is 799. The van der Waals surface area contributed by atoms with Gasteiger partial charge in [0.05, 0.1) is 22.3 Å². The summed E-state index contributed by atoms with van der Waals surface area (Å²) in [4.78, 5) is 5.80. The summed E-state index contributed by atoms with van der Waals surface area (Å²) < 4.78 is 2.31. The number of nitriles is 1. The number of hydrogen-bond acceptors (Lipinski definition) is 3. The lowest BCUT2D eigenvalue weighted by Crippen LogP contribution is -2.21. The van der Waals surface area contributed by atoms with E-state index in [1.165, 1.54) is 5.69 Å². The van der Waals surface area contributed by atoms with Crippen LogP contribution in [0.25, 0.3) is 0 Å². The molecule has 3 nitrogen and oxygen atoms in total. The monoisotopic (exact) mass is 361 g/mol. The van der Waals surface area contributed by atoms with Gasteiger partial charge in [-0.1, -0.05) is 39.3 Å². The molecular formula is C19H24ClN3S. The fraction of sp³-hybridized carbons (Fsp3) is 0.474. The molecule has 0 aliphatic rings. The molecule has 0 fully saturated rings. The van der Waals surface area contributed by atoms with Crippen LogP contribution in [0.1, 0.15) is 44.5 Å². The average molecular weight is 362 g/mol. The number of rotatable bonds is 5. The highest BCUT2D eigenvalue weighted by molar-refractivity contribution is 7.07. The van der Waals surface area contributed by atoms with Crippen molar-refractivity contribution >= 4 is 28.6 Å². The van der Waals surface area contributed by atoms with Gasteiger partial charge in [-0.2, -0.15) is 5.26 Å². The van der Waals surface area contributed by atoms with E-state index in [2.05, 4.69) is 43.7 Å². The molecule has 2 rings (SSSR count). The smallest absolute Gasteiger partial charge is 0.190 e. The Hall–Kier alpha value is -1.57. The van der Waals surface area contributed by atoms with Gasteiger partial charge in [0.1, 0.15) is 0 Å². The van der Waals surface area contributed by atoms with Crippen LogP contribution in [0.15, 0.2) is 22.5 Å². The van der Waals surface area contributed by atoms with E-state index in [1.54, 1.807) is 17.4 Å². The summed E-state index contributed by atoms with van der Waals surface area (Å²) in [7, 11) is 0. The van der Waals surface area contributed by atoms with Gasteiger partial charge in [-0.05, 0) is 42.9 Å². The number of aryl methyl sites for hydroxylation is 1. The molecule has 0 amide bonds. The van der Waals surface area contributed by atoms with E-state index in [0.29, 0.717) is 22.4 Å². The molecule has 0 atom stereocenters. The lowest BCUT2D eigenvalue weighted by molar-refractivity contribution is 0.486. The lowest BCUT2D eigenvalue weighted by atomic mass is 10.1. The maximum absolute atomic E-state index is 9.06. The van der Waals surface area contributed by atoms with Gasteiger partial charge >= 0.3 is 0 Å². The third-order valence-electron chi connectivity index (χ3n) is 3.63. The van der Waals surface area contributed by atoms with Gasteiger partial charge in [0.2, 0.25) is 0 Å². The number of halogens is 1. The molecule has 1 heterocycles. The molecule has 0 saturated carbocycles. The van der Waals surface area contributed by atoms with Crippen LogP contribution in [0.3, 0.4) is 0 Å². The molecule has 0 bridgehead atoms. The number of hydrogen-bond donors (Lipinski definition) is 0. The Morgan fingerprint density at radius 1 is 1.25 bits per heavy atom. The highest BCUT2D eigenvalue weighted by Crippen LogP contribution is 2.30. The van der Waals surface area contributed by atoms with Crippen LogP contribution in [-0.4, -0.2) is 4.57 Å². The van der Waals surface area contributed by atoms with E-state index in [4.69, 9.17) is 21.9 Å². The van der Waals surface area contributed by atoms with Crippen LogP contribution in [0.2, 0.25) is 5.02 Å². The van der Waals surface area contributed by atoms with Gasteiger partial charge < -0.3 is 4.57 Å². The van der Waals surface area contributed by atoms with Crippen molar-refractivity contribution in [3.05, 3.63) is 44.2 Å². The van der Waals surface area contributed by atoms with E-state index in [-0.39, 0.29) is 0 Å². The van der Waals surface area contributed by atoms with Gasteiger partial charge in [-0.25, -0.2) is 4.99 Å². The molecule has 0 spiro atoms. The zero-order chi connectivity index (χ0) is 17.9. The first-order valence-electron chi connectivity index (χ1n) is 8.24. The first-order valence-corrected chi connectivity index (χ1v) is 9.49. The predicted octanol–water partition coefficient (Wildman–Crippen LogP) is 5.47. The largest absolute Gasteiger partial charge is 0.321 e. The summed E-state index contributed by atoms with van der Waals surface area (Å²) in [5, 5.41) is 11.8. The van der Waals surface area contributed by atoms with Crippen molar-refractivity contribution in [1.82, 2.24) is 4.57 Å². The molecule has 1 aromatic heterocycles. The van der Waals surface area contributed by atoms with E-state index in [0.717, 1.165) is 29.0 Å². The second-order valence-electron chi connectivity index (χ2n) is 6.96. The molecule has 0 aliphatic carbocycles. The summed E-state index contributed by atoms with van der Waals surface area (Å²) in [6, 6.07) is 5.65. The maximum atomic E-state index is 9.06. The molecule has 1 aromatic carbocycles. The Labute approximate surface area is 153 Å². The standard InChI is InChI=1S/C19H24ClN3S/c1-12(2)6-16-11-24-19(23(16)10-13(3)4)22-18-14(5)7-15(9-21)8-17(18)20/h7-8,11-13H,6,10H2,1-5H3/b22-19-. The zero-order valence-electron chi connectivity index (χ0n) is 14.9. The van der Waals surface area contributed by atoms with Crippen molar-refractivity contribution in [2.75, 3.05) is 0 Å². The van der Waals surface area contributed by atoms with Gasteiger partial charge in [-0.15, -0.1) is 11.3 Å². The summed E-state index contributed by atoms with van der Waals surface area (Å²) in [6.45, 7) is 11.8. The Morgan fingerprint density at radius 3 is 2.50 bits per heavy atom. The molecule has 0 N–H and O–H groups in total. The Balaban J connectivity index is 2.58. The van der Waals surface area contributed by atoms with Crippen LogP contribution in [0.4, 0.5) is 5.69 Å². The number of benzene rings is 1. The maximum Gasteiger partial charge on any atom is 0.190 e. The summed E-state index contributed by atoms with van der Waals surface area (Å²) in [6.07, 6.45) is 1.04. The number of nitrogens with zero attached hydrogens (tertiary/aromatic N) is 3. The third-order valence-corrected chi connectivity index (χ3v) is 4.83. The topological polar surface area (TPSA) is 41.1 Å². The molecule has 0 unspecified atom stereocenters. The molecular weight excluding hydrogens is 338 g/mol. The van der Waals surface area contributed by atoms with Crippen molar-refractivity contribution in [3.8, 4) is 6.07 Å². The fourth-order valence-electron chi connectivity index (χ4n) is 2.63. The van der Waals surface area contributed by atoms with Crippen LogP contribution < -0.4 is 4.80 Å². The second-order valence-corrected chi connectivity index (χ2v) is 8.20. The minimum absolute atomic E-state index is 0.529. The van der Waals surface area contributed by atoms with Crippen LogP contribution >= 0.6 is 22.9 Å². The minimum atomic E-state index is 0.529. The average Bonchev–Trinajstić information content (AvgIpc) is 2.83. The molecule has 2 aromatic rings. The summed E-state index contributed by atoms with van der Waals surface area (Å²) in [5.74, 6) is 1.15. The van der Waals surface area contributed by atoms with Gasteiger partial charge in [0.15, 0.2) is 4.80 Å². The molecule has 0 saturated heterocycles. The molecule has 0 aliphatic heterocycles. The summed E-state index contributed by atoms with van der Waals surface area (Å²) in [5.41, 5.74) is 3.57. The van der Waals surface area contributed by atoms with Crippen molar-refractivity contribution < 1.29 is 0 Å². The van der Waals surface area contributed by atoms with Crippen LogP contribution in [0.5, 0.6) is 0 Å². The molecule has 5 heteroatoms. The van der Waals surface area contributed by atoms with E-state index in [9.17, 15) is 0 Å². The van der Waals surface area contributed by atoms with E-state index in [1.807, 2.05) is 13.0 Å². The van der Waals surface area contributed by atoms with Crippen molar-refractivity contribution in [3.63, 3.8) is 0 Å². The highest BCUT2D eigenvalue weighted by Gasteiger charge is 2.11. The fourth-order valence-corrected chi connectivity index (χ4v) is 3.87. The van der Waals surface area contributed by atoms with Crippen molar-refractivity contribution in [2.24, 2.45) is 16.8 Å². The first-order chi connectivity index (χ1) is 11.3. The lowest BCUT2D eigenvalue weighted by Gasteiger charge is -2.13. The molecule has 0 radical (unpaired) electrons. The van der Waals surface area contributed by atoms with Crippen LogP contribution in [-0.2, 0) is 13.0 Å². The van der Waals surface area contributed by atoms with Crippen molar-refractivity contribution in [2.45, 2.75) is 47.6 Å². The highest BCUT2D eigenvalue weighted by atomic mass is 35.5. The van der Waals surface area contributed by atoms with Gasteiger partial charge in [0.25, 0.3) is 0 Å². The van der Waals surface area contributed by atoms with Gasteiger partial charge in [-0.3, -0.25) is 0 Å². The van der Waals surface area contributed by atoms with Crippen LogP contribution in [0, 0.1) is 30.1 Å². The van der Waals surface area contributed by atoms with Crippen molar-refractivity contribution in [1.29, 1.82) is 5.26 Å². The molecule has 24 heavy (non-hydrogen) atoms. The zero-order valence-corrected chi connectivity index (χ0v) is 16.5. The van der Waals surface area contributed by atoms with Gasteiger partial charge in [0, 0.05) is 17.6 Å². The first kappa shape index (κ1) is 18.8.